The van der Waals surface area contributed by atoms with E-state index in [4.69, 9.17) is 4.74 Å². The lowest BCUT2D eigenvalue weighted by atomic mass is 10.1. The number of aromatic nitrogens is 2. The number of rotatable bonds is 7. The van der Waals surface area contributed by atoms with E-state index in [0.29, 0.717) is 6.54 Å². The lowest BCUT2D eigenvalue weighted by Gasteiger charge is -2.18. The van der Waals surface area contributed by atoms with Gasteiger partial charge in [-0.15, -0.1) is 0 Å². The summed E-state index contributed by atoms with van der Waals surface area (Å²) in [6.07, 6.45) is 3.40. The van der Waals surface area contributed by atoms with Gasteiger partial charge in [0.15, 0.2) is 0 Å². The summed E-state index contributed by atoms with van der Waals surface area (Å²) in [6.45, 7) is 4.40. The first-order chi connectivity index (χ1) is 11.0. The predicted molar refractivity (Wildman–Crippen MR) is 89.3 cm³/mol. The summed E-state index contributed by atoms with van der Waals surface area (Å²) in [5.74, 6) is 0.703. The zero-order valence-electron chi connectivity index (χ0n) is 14.0. The Bertz CT molecular complexity index is 636. The molecule has 1 amide bonds. The fourth-order valence-corrected chi connectivity index (χ4v) is 2.28. The summed E-state index contributed by atoms with van der Waals surface area (Å²) in [5, 5.41) is 10.0. The van der Waals surface area contributed by atoms with Gasteiger partial charge >= 0.3 is 0 Å². The van der Waals surface area contributed by atoms with Crippen molar-refractivity contribution in [2.24, 2.45) is 7.05 Å². The third-order valence-electron chi connectivity index (χ3n) is 3.53. The topological polar surface area (TPSA) is 68.2 Å². The van der Waals surface area contributed by atoms with E-state index >= 15 is 0 Å². The van der Waals surface area contributed by atoms with E-state index < -0.39 is 6.04 Å². The van der Waals surface area contributed by atoms with Crippen LogP contribution in [-0.2, 0) is 11.8 Å². The molecule has 0 aliphatic carbocycles. The number of carbonyl (C=O) groups excluding carboxylic acids is 1. The van der Waals surface area contributed by atoms with Gasteiger partial charge < -0.3 is 15.4 Å². The Morgan fingerprint density at radius 2 is 2.04 bits per heavy atom. The standard InChI is InChI=1S/C17H24N4O2/c1-12-5-7-15(8-6-12)23-13(2)9-19-17(22)16(18-3)14-10-20-21(4)11-14/h5-8,10-11,13,16,18H,9H2,1-4H3,(H,19,22). The molecule has 2 aromatic rings. The van der Waals surface area contributed by atoms with E-state index in [9.17, 15) is 4.79 Å². The molecule has 0 aliphatic rings. The van der Waals surface area contributed by atoms with E-state index in [-0.39, 0.29) is 12.0 Å². The van der Waals surface area contributed by atoms with Gasteiger partial charge in [0.05, 0.1) is 12.7 Å². The quantitative estimate of drug-likeness (QED) is 0.814. The lowest BCUT2D eigenvalue weighted by Crippen LogP contribution is -2.40. The second-order valence-electron chi connectivity index (χ2n) is 5.66. The Kier molecular flexibility index (Phi) is 5.76. The van der Waals surface area contributed by atoms with Crippen LogP contribution >= 0.6 is 0 Å². The van der Waals surface area contributed by atoms with Crippen LogP contribution in [0.4, 0.5) is 0 Å². The van der Waals surface area contributed by atoms with Crippen LogP contribution in [0.3, 0.4) is 0 Å². The number of amides is 1. The Labute approximate surface area is 136 Å². The van der Waals surface area contributed by atoms with Crippen LogP contribution in [-0.4, -0.2) is 35.4 Å². The number of hydrogen-bond acceptors (Lipinski definition) is 4. The molecule has 2 rings (SSSR count). The van der Waals surface area contributed by atoms with E-state index in [1.54, 1.807) is 17.9 Å². The molecule has 23 heavy (non-hydrogen) atoms. The molecule has 0 saturated carbocycles. The average molecular weight is 316 g/mol. The second kappa shape index (κ2) is 7.78. The first kappa shape index (κ1) is 17.0. The second-order valence-corrected chi connectivity index (χ2v) is 5.66. The molecular formula is C17H24N4O2. The molecule has 1 aromatic heterocycles. The molecule has 0 fully saturated rings. The highest BCUT2D eigenvalue weighted by atomic mass is 16.5. The molecule has 124 valence electrons. The third kappa shape index (κ3) is 4.82. The predicted octanol–water partition coefficient (Wildman–Crippen LogP) is 1.57. The summed E-state index contributed by atoms with van der Waals surface area (Å²) in [4.78, 5) is 12.3. The monoisotopic (exact) mass is 316 g/mol. The van der Waals surface area contributed by atoms with Crippen molar-refractivity contribution in [2.75, 3.05) is 13.6 Å². The van der Waals surface area contributed by atoms with E-state index in [1.807, 2.05) is 51.4 Å². The van der Waals surface area contributed by atoms with Crippen LogP contribution in [0.1, 0.15) is 24.1 Å². The number of nitrogens with one attached hydrogen (secondary N) is 2. The van der Waals surface area contributed by atoms with E-state index in [0.717, 1.165) is 11.3 Å². The summed E-state index contributed by atoms with van der Waals surface area (Å²) < 4.78 is 7.47. The smallest absolute Gasteiger partial charge is 0.241 e. The average Bonchev–Trinajstić information content (AvgIpc) is 2.94. The highest BCUT2D eigenvalue weighted by Crippen LogP contribution is 2.14. The largest absolute Gasteiger partial charge is 0.489 e. The van der Waals surface area contributed by atoms with Crippen LogP contribution in [0.2, 0.25) is 0 Å². The maximum Gasteiger partial charge on any atom is 0.241 e. The fourth-order valence-electron chi connectivity index (χ4n) is 2.28. The first-order valence-electron chi connectivity index (χ1n) is 7.66. The molecule has 1 heterocycles. The molecular weight excluding hydrogens is 292 g/mol. The van der Waals surface area contributed by atoms with Gasteiger partial charge in [-0.25, -0.2) is 0 Å². The minimum Gasteiger partial charge on any atom is -0.489 e. The van der Waals surface area contributed by atoms with Gasteiger partial charge in [-0.3, -0.25) is 9.48 Å². The normalized spacial score (nSPS) is 13.4. The number of likely N-dealkylation sites (N-methyl/N-ethyl adjacent to an activating group) is 1. The molecule has 0 spiro atoms. The van der Waals surface area contributed by atoms with Crippen LogP contribution in [0.25, 0.3) is 0 Å². The van der Waals surface area contributed by atoms with E-state index in [2.05, 4.69) is 15.7 Å². The fraction of sp³-hybridized carbons (Fsp3) is 0.412. The Morgan fingerprint density at radius 3 is 2.61 bits per heavy atom. The Balaban J connectivity index is 1.86. The summed E-state index contributed by atoms with van der Waals surface area (Å²) >= 11 is 0. The number of nitrogens with zero attached hydrogens (tertiary/aromatic N) is 2. The molecule has 0 aliphatic heterocycles. The Morgan fingerprint density at radius 1 is 1.35 bits per heavy atom. The van der Waals surface area contributed by atoms with Crippen molar-refractivity contribution in [3.8, 4) is 5.75 Å². The molecule has 6 nitrogen and oxygen atoms in total. The van der Waals surface area contributed by atoms with Crippen molar-refractivity contribution in [1.29, 1.82) is 0 Å². The van der Waals surface area contributed by atoms with Crippen LogP contribution in [0.15, 0.2) is 36.7 Å². The van der Waals surface area contributed by atoms with Crippen LogP contribution in [0, 0.1) is 6.92 Å². The SMILES string of the molecule is CNC(C(=O)NCC(C)Oc1ccc(C)cc1)c1cnn(C)c1. The van der Waals surface area contributed by atoms with Gasteiger partial charge in [0.2, 0.25) is 5.91 Å². The van der Waals surface area contributed by atoms with Crippen molar-refractivity contribution < 1.29 is 9.53 Å². The minimum atomic E-state index is -0.421. The van der Waals surface area contributed by atoms with Crippen LogP contribution in [0.5, 0.6) is 5.75 Å². The van der Waals surface area contributed by atoms with Crippen LogP contribution < -0.4 is 15.4 Å². The van der Waals surface area contributed by atoms with Gasteiger partial charge in [0.25, 0.3) is 0 Å². The van der Waals surface area contributed by atoms with Crippen molar-refractivity contribution in [1.82, 2.24) is 20.4 Å². The van der Waals surface area contributed by atoms with Crippen molar-refractivity contribution in [2.45, 2.75) is 26.0 Å². The number of hydrogen-bond donors (Lipinski definition) is 2. The number of aryl methyl sites for hydroxylation is 2. The highest BCUT2D eigenvalue weighted by Gasteiger charge is 2.20. The van der Waals surface area contributed by atoms with E-state index in [1.165, 1.54) is 5.56 Å². The van der Waals surface area contributed by atoms with Crippen molar-refractivity contribution in [3.63, 3.8) is 0 Å². The van der Waals surface area contributed by atoms with Gasteiger partial charge in [0, 0.05) is 18.8 Å². The molecule has 1 aromatic carbocycles. The van der Waals surface area contributed by atoms with Crippen molar-refractivity contribution >= 4 is 5.91 Å². The van der Waals surface area contributed by atoms with Crippen molar-refractivity contribution in [3.05, 3.63) is 47.8 Å². The first-order valence-corrected chi connectivity index (χ1v) is 7.66. The lowest BCUT2D eigenvalue weighted by molar-refractivity contribution is -0.123. The number of carbonyl (C=O) groups is 1. The highest BCUT2D eigenvalue weighted by molar-refractivity contribution is 5.83. The molecule has 0 radical (unpaired) electrons. The maximum absolute atomic E-state index is 12.3. The van der Waals surface area contributed by atoms with Gasteiger partial charge in [0.1, 0.15) is 17.9 Å². The summed E-state index contributed by atoms with van der Waals surface area (Å²) in [7, 11) is 3.58. The molecule has 2 atom stereocenters. The molecule has 2 unspecified atom stereocenters. The maximum atomic E-state index is 12.3. The summed E-state index contributed by atoms with van der Waals surface area (Å²) in [5.41, 5.74) is 2.02. The molecule has 2 N–H and O–H groups in total. The number of benzene rings is 1. The third-order valence-corrected chi connectivity index (χ3v) is 3.53. The van der Waals surface area contributed by atoms with Gasteiger partial charge in [-0.05, 0) is 33.0 Å². The van der Waals surface area contributed by atoms with Gasteiger partial charge in [-0.2, -0.15) is 5.10 Å². The minimum absolute atomic E-state index is 0.0974. The molecule has 0 saturated heterocycles. The zero-order chi connectivity index (χ0) is 16.8. The molecule has 6 heteroatoms. The molecule has 0 bridgehead atoms. The van der Waals surface area contributed by atoms with Gasteiger partial charge in [-0.1, -0.05) is 17.7 Å². The summed E-state index contributed by atoms with van der Waals surface area (Å²) in [6, 6.07) is 7.44. The number of ether oxygens (including phenoxy) is 1. The zero-order valence-corrected chi connectivity index (χ0v) is 14.0. The Hall–Kier alpha value is -2.34.